The van der Waals surface area contributed by atoms with Gasteiger partial charge in [0.05, 0.1) is 0 Å². The summed E-state index contributed by atoms with van der Waals surface area (Å²) < 4.78 is 2.29. The van der Waals surface area contributed by atoms with Crippen LogP contribution in [0.2, 0.25) is 0 Å². The molecule has 4 nitrogen and oxygen atoms in total. The smallest absolute Gasteiger partial charge is 0.240 e. The van der Waals surface area contributed by atoms with E-state index in [4.69, 9.17) is 0 Å². The summed E-state index contributed by atoms with van der Waals surface area (Å²) in [4.78, 5) is 15.2. The van der Waals surface area contributed by atoms with Crippen molar-refractivity contribution >= 4 is 16.8 Å². The van der Waals surface area contributed by atoms with Crippen LogP contribution in [0.3, 0.4) is 0 Å². The second kappa shape index (κ2) is 7.43. The summed E-state index contributed by atoms with van der Waals surface area (Å²) in [6.45, 7) is 4.76. The molecule has 140 valence electrons. The van der Waals surface area contributed by atoms with E-state index in [1.54, 1.807) is 0 Å². The van der Waals surface area contributed by atoms with Gasteiger partial charge in [0.2, 0.25) is 5.91 Å². The number of likely N-dealkylation sites (N-methyl/N-ethyl adjacent to an activating group) is 1. The van der Waals surface area contributed by atoms with Gasteiger partial charge in [-0.2, -0.15) is 0 Å². The van der Waals surface area contributed by atoms with Crippen LogP contribution in [0.5, 0.6) is 0 Å². The van der Waals surface area contributed by atoms with Gasteiger partial charge in [-0.25, -0.2) is 0 Å². The molecule has 1 aromatic heterocycles. The maximum atomic E-state index is 12.8. The van der Waals surface area contributed by atoms with Gasteiger partial charge in [-0.1, -0.05) is 30.9 Å². The van der Waals surface area contributed by atoms with Crippen molar-refractivity contribution in [2.45, 2.75) is 64.5 Å². The van der Waals surface area contributed by atoms with Crippen LogP contribution in [0, 0.1) is 6.92 Å². The highest BCUT2D eigenvalue weighted by atomic mass is 16.2. The molecule has 4 rings (SSSR count). The number of nitrogens with one attached hydrogen (secondary N) is 1. The van der Waals surface area contributed by atoms with E-state index < -0.39 is 0 Å². The van der Waals surface area contributed by atoms with Crippen molar-refractivity contribution in [1.82, 2.24) is 14.8 Å². The largest absolute Gasteiger partial charge is 0.352 e. The van der Waals surface area contributed by atoms with E-state index >= 15 is 0 Å². The molecule has 1 N–H and O–H groups in total. The lowest BCUT2D eigenvalue weighted by Gasteiger charge is -2.23. The summed E-state index contributed by atoms with van der Waals surface area (Å²) in [5.41, 5.74) is 5.35. The first kappa shape index (κ1) is 17.6. The molecule has 1 aliphatic carbocycles. The Morgan fingerprint density at radius 1 is 1.15 bits per heavy atom. The molecule has 0 bridgehead atoms. The fourth-order valence-electron chi connectivity index (χ4n) is 4.71. The molecule has 1 fully saturated rings. The zero-order valence-corrected chi connectivity index (χ0v) is 16.2. The van der Waals surface area contributed by atoms with Gasteiger partial charge < -0.3 is 14.8 Å². The van der Waals surface area contributed by atoms with E-state index in [-0.39, 0.29) is 5.91 Å². The van der Waals surface area contributed by atoms with Crippen LogP contribution >= 0.6 is 0 Å². The topological polar surface area (TPSA) is 37.3 Å². The van der Waals surface area contributed by atoms with Crippen molar-refractivity contribution < 1.29 is 4.79 Å². The predicted molar refractivity (Wildman–Crippen MR) is 107 cm³/mol. The first-order chi connectivity index (χ1) is 12.6. The second-order valence-electron chi connectivity index (χ2n) is 8.24. The molecule has 0 unspecified atom stereocenters. The SMILES string of the molecule is Cc1ccc2c(c1)c1c(n2CC(=O)NC2CCCCC2)CCN(C)CC1. The number of fused-ring (bicyclic) bond motifs is 3. The van der Waals surface area contributed by atoms with Crippen molar-refractivity contribution in [2.24, 2.45) is 0 Å². The minimum absolute atomic E-state index is 0.176. The van der Waals surface area contributed by atoms with Crippen LogP contribution in [-0.2, 0) is 24.2 Å². The van der Waals surface area contributed by atoms with E-state index in [1.807, 2.05) is 0 Å². The Balaban J connectivity index is 1.64. The number of hydrogen-bond acceptors (Lipinski definition) is 2. The minimum Gasteiger partial charge on any atom is -0.352 e. The quantitative estimate of drug-likeness (QED) is 0.918. The Kier molecular flexibility index (Phi) is 5.03. The number of benzene rings is 1. The van der Waals surface area contributed by atoms with Gasteiger partial charge in [-0.15, -0.1) is 0 Å². The van der Waals surface area contributed by atoms with Gasteiger partial charge in [-0.3, -0.25) is 4.79 Å². The molecule has 1 aromatic carbocycles. The van der Waals surface area contributed by atoms with Crippen molar-refractivity contribution in [3.05, 3.63) is 35.0 Å². The Bertz CT molecular complexity index is 801. The molecule has 1 amide bonds. The standard InChI is InChI=1S/C22H31N3O/c1-16-8-9-20-19(14-16)18-10-12-24(2)13-11-21(18)25(20)15-22(26)23-17-6-4-3-5-7-17/h8-9,14,17H,3-7,10-13,15H2,1-2H3,(H,23,26). The number of aromatic nitrogens is 1. The predicted octanol–water partition coefficient (Wildman–Crippen LogP) is 3.43. The molecule has 0 saturated heterocycles. The average molecular weight is 354 g/mol. The van der Waals surface area contributed by atoms with Crippen LogP contribution in [0.1, 0.15) is 48.9 Å². The van der Waals surface area contributed by atoms with Gasteiger partial charge in [0.15, 0.2) is 0 Å². The summed E-state index contributed by atoms with van der Waals surface area (Å²) in [6.07, 6.45) is 8.19. The summed E-state index contributed by atoms with van der Waals surface area (Å²) in [7, 11) is 2.19. The molecular formula is C22H31N3O. The molecule has 0 radical (unpaired) electrons. The lowest BCUT2D eigenvalue weighted by Crippen LogP contribution is -2.38. The highest BCUT2D eigenvalue weighted by Crippen LogP contribution is 2.30. The van der Waals surface area contributed by atoms with E-state index in [2.05, 4.69) is 47.0 Å². The van der Waals surface area contributed by atoms with Crippen LogP contribution in [0.25, 0.3) is 10.9 Å². The Morgan fingerprint density at radius 3 is 2.73 bits per heavy atom. The van der Waals surface area contributed by atoms with Crippen molar-refractivity contribution in [1.29, 1.82) is 0 Å². The fraction of sp³-hybridized carbons (Fsp3) is 0.591. The number of amides is 1. The Morgan fingerprint density at radius 2 is 1.92 bits per heavy atom. The molecule has 0 atom stereocenters. The lowest BCUT2D eigenvalue weighted by molar-refractivity contribution is -0.122. The number of aryl methyl sites for hydroxylation is 1. The summed E-state index contributed by atoms with van der Waals surface area (Å²) in [6, 6.07) is 7.06. The van der Waals surface area contributed by atoms with Gasteiger partial charge in [0.25, 0.3) is 0 Å². The fourth-order valence-corrected chi connectivity index (χ4v) is 4.71. The van der Waals surface area contributed by atoms with E-state index in [0.29, 0.717) is 12.6 Å². The highest BCUT2D eigenvalue weighted by molar-refractivity contribution is 5.88. The van der Waals surface area contributed by atoms with Gasteiger partial charge in [-0.05, 0) is 50.9 Å². The summed E-state index contributed by atoms with van der Waals surface area (Å²) >= 11 is 0. The van der Waals surface area contributed by atoms with Gasteiger partial charge in [0, 0.05) is 42.1 Å². The molecule has 1 saturated carbocycles. The van der Waals surface area contributed by atoms with Crippen LogP contribution in [0.4, 0.5) is 0 Å². The molecule has 26 heavy (non-hydrogen) atoms. The highest BCUT2D eigenvalue weighted by Gasteiger charge is 2.23. The molecule has 2 heterocycles. The Hall–Kier alpha value is -1.81. The zero-order chi connectivity index (χ0) is 18.1. The Labute approximate surface area is 156 Å². The van der Waals surface area contributed by atoms with E-state index in [0.717, 1.165) is 38.8 Å². The molecule has 1 aliphatic heterocycles. The van der Waals surface area contributed by atoms with Crippen LogP contribution in [-0.4, -0.2) is 41.6 Å². The summed E-state index contributed by atoms with van der Waals surface area (Å²) in [5.74, 6) is 0.176. The first-order valence-corrected chi connectivity index (χ1v) is 10.2. The number of nitrogens with zero attached hydrogens (tertiary/aromatic N) is 2. The molecular weight excluding hydrogens is 322 g/mol. The number of carbonyl (C=O) groups excluding carboxylic acids is 1. The van der Waals surface area contributed by atoms with Gasteiger partial charge >= 0.3 is 0 Å². The third-order valence-corrected chi connectivity index (χ3v) is 6.19. The number of carbonyl (C=O) groups is 1. The minimum atomic E-state index is 0.176. The summed E-state index contributed by atoms with van der Waals surface area (Å²) in [5, 5.41) is 4.64. The normalized spacial score (nSPS) is 19.3. The second-order valence-corrected chi connectivity index (χ2v) is 8.24. The van der Waals surface area contributed by atoms with E-state index in [9.17, 15) is 4.79 Å². The third kappa shape index (κ3) is 3.52. The lowest BCUT2D eigenvalue weighted by atomic mass is 9.95. The molecule has 2 aliphatic rings. The van der Waals surface area contributed by atoms with Crippen molar-refractivity contribution in [3.8, 4) is 0 Å². The molecule has 4 heteroatoms. The molecule has 0 spiro atoms. The third-order valence-electron chi connectivity index (χ3n) is 6.19. The average Bonchev–Trinajstić information content (AvgIpc) is 2.76. The van der Waals surface area contributed by atoms with Gasteiger partial charge in [0.1, 0.15) is 6.54 Å². The van der Waals surface area contributed by atoms with E-state index in [1.165, 1.54) is 47.0 Å². The van der Waals surface area contributed by atoms with Crippen LogP contribution < -0.4 is 5.32 Å². The van der Waals surface area contributed by atoms with Crippen LogP contribution in [0.15, 0.2) is 18.2 Å². The molecule has 2 aromatic rings. The first-order valence-electron chi connectivity index (χ1n) is 10.2. The maximum Gasteiger partial charge on any atom is 0.240 e. The van der Waals surface area contributed by atoms with Crippen molar-refractivity contribution in [2.75, 3.05) is 20.1 Å². The monoisotopic (exact) mass is 353 g/mol. The van der Waals surface area contributed by atoms with Crippen molar-refractivity contribution in [3.63, 3.8) is 0 Å². The zero-order valence-electron chi connectivity index (χ0n) is 16.2. The number of hydrogen-bond donors (Lipinski definition) is 1. The maximum absolute atomic E-state index is 12.8. The number of rotatable bonds is 3.